The van der Waals surface area contributed by atoms with Gasteiger partial charge in [-0.05, 0) is 68.8 Å². The van der Waals surface area contributed by atoms with E-state index in [-0.39, 0.29) is 11.9 Å². The average molecular weight is 426 g/mol. The zero-order chi connectivity index (χ0) is 22.2. The fourth-order valence-electron chi connectivity index (χ4n) is 4.63. The average Bonchev–Trinajstić information content (AvgIpc) is 3.14. The minimum absolute atomic E-state index is 0.0672. The molecule has 2 aromatic carbocycles. The Labute approximate surface area is 188 Å². The zero-order valence-electron chi connectivity index (χ0n) is 18.7. The molecule has 32 heavy (non-hydrogen) atoms. The van der Waals surface area contributed by atoms with Gasteiger partial charge in [0, 0.05) is 48.8 Å². The number of nitrogens with zero attached hydrogens (tertiary/aromatic N) is 5. The molecule has 1 atom stereocenters. The number of aromatic nitrogens is 3. The monoisotopic (exact) mass is 425 g/mol. The van der Waals surface area contributed by atoms with Crippen molar-refractivity contribution in [3.05, 3.63) is 83.8 Å². The van der Waals surface area contributed by atoms with Crippen LogP contribution in [0.3, 0.4) is 0 Å². The molecule has 1 fully saturated rings. The summed E-state index contributed by atoms with van der Waals surface area (Å²) >= 11 is 0. The van der Waals surface area contributed by atoms with Gasteiger partial charge in [-0.15, -0.1) is 0 Å². The Morgan fingerprint density at radius 3 is 2.59 bits per heavy atom. The van der Waals surface area contributed by atoms with E-state index in [1.165, 1.54) is 11.3 Å². The molecular weight excluding hydrogens is 398 g/mol. The van der Waals surface area contributed by atoms with Crippen LogP contribution in [-0.2, 0) is 0 Å². The highest BCUT2D eigenvalue weighted by atomic mass is 16.2. The van der Waals surface area contributed by atoms with Crippen LogP contribution in [0.1, 0.15) is 28.7 Å². The number of fused-ring (bicyclic) bond motifs is 1. The normalized spacial score (nSPS) is 16.5. The van der Waals surface area contributed by atoms with Crippen LogP contribution in [0.2, 0.25) is 0 Å². The maximum absolute atomic E-state index is 13.4. The van der Waals surface area contributed by atoms with Crippen LogP contribution in [-0.4, -0.2) is 51.0 Å². The molecule has 0 saturated carbocycles. The third kappa shape index (κ3) is 3.62. The summed E-state index contributed by atoms with van der Waals surface area (Å²) < 4.78 is 2.00. The second-order valence-corrected chi connectivity index (χ2v) is 8.52. The summed E-state index contributed by atoms with van der Waals surface area (Å²) in [5.41, 5.74) is 5.72. The molecule has 5 rings (SSSR count). The minimum atomic E-state index is 0.0672. The number of anilines is 1. The summed E-state index contributed by atoms with van der Waals surface area (Å²) in [5, 5.41) is 0. The Bertz CT molecular complexity index is 1290. The summed E-state index contributed by atoms with van der Waals surface area (Å²) in [6.07, 6.45) is 1.77. The first-order valence-corrected chi connectivity index (χ1v) is 11.0. The second-order valence-electron chi connectivity index (χ2n) is 8.52. The molecule has 0 N–H and O–H groups in total. The van der Waals surface area contributed by atoms with Crippen molar-refractivity contribution < 1.29 is 4.79 Å². The summed E-state index contributed by atoms with van der Waals surface area (Å²) in [6, 6.07) is 20.4. The largest absolute Gasteiger partial charge is 0.365 e. The van der Waals surface area contributed by atoms with E-state index in [9.17, 15) is 4.79 Å². The van der Waals surface area contributed by atoms with Gasteiger partial charge in [0.15, 0.2) is 5.65 Å². The lowest BCUT2D eigenvalue weighted by molar-refractivity contribution is 0.0726. The number of amides is 1. The number of piperazine rings is 1. The Balaban J connectivity index is 1.38. The molecule has 1 aliphatic heterocycles. The molecule has 6 heteroatoms. The number of hydrogen-bond donors (Lipinski definition) is 0. The van der Waals surface area contributed by atoms with Gasteiger partial charge < -0.3 is 9.80 Å². The highest BCUT2D eigenvalue weighted by molar-refractivity contribution is 5.95. The van der Waals surface area contributed by atoms with Gasteiger partial charge in [0.2, 0.25) is 0 Å². The molecule has 1 saturated heterocycles. The van der Waals surface area contributed by atoms with Gasteiger partial charge >= 0.3 is 0 Å². The molecule has 3 heterocycles. The van der Waals surface area contributed by atoms with Gasteiger partial charge in [0.1, 0.15) is 11.3 Å². The second kappa shape index (κ2) is 8.11. The number of pyridine rings is 1. The lowest BCUT2D eigenvalue weighted by atomic mass is 10.1. The lowest BCUT2D eigenvalue weighted by Gasteiger charge is -2.41. The van der Waals surface area contributed by atoms with E-state index in [0.717, 1.165) is 29.2 Å². The van der Waals surface area contributed by atoms with Crippen LogP contribution in [0, 0.1) is 13.8 Å². The van der Waals surface area contributed by atoms with Crippen molar-refractivity contribution in [2.75, 3.05) is 24.5 Å². The highest BCUT2D eigenvalue weighted by Gasteiger charge is 2.27. The van der Waals surface area contributed by atoms with Crippen molar-refractivity contribution in [1.29, 1.82) is 0 Å². The summed E-state index contributed by atoms with van der Waals surface area (Å²) in [4.78, 5) is 26.8. The predicted octanol–water partition coefficient (Wildman–Crippen LogP) is 4.39. The van der Waals surface area contributed by atoms with Crippen LogP contribution < -0.4 is 4.90 Å². The van der Waals surface area contributed by atoms with Crippen LogP contribution >= 0.6 is 0 Å². The predicted molar refractivity (Wildman–Crippen MR) is 127 cm³/mol. The van der Waals surface area contributed by atoms with E-state index in [2.05, 4.69) is 53.0 Å². The first-order valence-electron chi connectivity index (χ1n) is 11.0. The van der Waals surface area contributed by atoms with Gasteiger partial charge in [-0.25, -0.2) is 9.97 Å². The number of carbonyl (C=O) groups excluding carboxylic acids is 1. The molecule has 162 valence electrons. The van der Waals surface area contributed by atoms with Gasteiger partial charge in [-0.3, -0.25) is 9.36 Å². The Morgan fingerprint density at radius 2 is 1.78 bits per heavy atom. The molecule has 0 aliphatic carbocycles. The van der Waals surface area contributed by atoms with Crippen molar-refractivity contribution in [3.63, 3.8) is 0 Å². The Kier molecular flexibility index (Phi) is 5.13. The fraction of sp³-hybridized carbons (Fsp3) is 0.269. The number of benzene rings is 2. The lowest BCUT2D eigenvalue weighted by Crippen LogP contribution is -2.53. The summed E-state index contributed by atoms with van der Waals surface area (Å²) in [7, 11) is 0. The molecule has 0 bridgehead atoms. The summed E-state index contributed by atoms with van der Waals surface area (Å²) in [6.45, 7) is 8.49. The first-order chi connectivity index (χ1) is 15.5. The zero-order valence-corrected chi connectivity index (χ0v) is 18.7. The van der Waals surface area contributed by atoms with Gasteiger partial charge in [0.05, 0.1) is 0 Å². The van der Waals surface area contributed by atoms with E-state index >= 15 is 0 Å². The van der Waals surface area contributed by atoms with Gasteiger partial charge in [-0.2, -0.15) is 0 Å². The molecule has 1 amide bonds. The van der Waals surface area contributed by atoms with Gasteiger partial charge in [0.25, 0.3) is 5.91 Å². The van der Waals surface area contributed by atoms with Crippen molar-refractivity contribution in [1.82, 2.24) is 19.4 Å². The smallest absolute Gasteiger partial charge is 0.254 e. The van der Waals surface area contributed by atoms with E-state index in [1.54, 1.807) is 6.20 Å². The topological polar surface area (TPSA) is 54.3 Å². The quantitative estimate of drug-likeness (QED) is 0.489. The maximum atomic E-state index is 13.4. The number of hydrogen-bond acceptors (Lipinski definition) is 4. The Hall–Kier alpha value is -3.67. The van der Waals surface area contributed by atoms with Crippen LogP contribution in [0.25, 0.3) is 16.9 Å². The fourth-order valence-corrected chi connectivity index (χ4v) is 4.63. The molecule has 0 spiro atoms. The van der Waals surface area contributed by atoms with Crippen LogP contribution in [0.5, 0.6) is 0 Å². The van der Waals surface area contributed by atoms with E-state index in [4.69, 9.17) is 0 Å². The number of aryl methyl sites for hydroxylation is 2. The Morgan fingerprint density at radius 1 is 0.969 bits per heavy atom. The number of imidazole rings is 1. The summed E-state index contributed by atoms with van der Waals surface area (Å²) in [5.74, 6) is 0.918. The molecule has 1 aliphatic rings. The third-order valence-electron chi connectivity index (χ3n) is 6.18. The first kappa shape index (κ1) is 20.2. The molecule has 0 radical (unpaired) electrons. The van der Waals surface area contributed by atoms with Crippen LogP contribution in [0.15, 0.2) is 66.9 Å². The van der Waals surface area contributed by atoms with Crippen LogP contribution in [0.4, 0.5) is 5.69 Å². The number of carbonyl (C=O) groups is 1. The van der Waals surface area contributed by atoms with E-state index in [1.807, 2.05) is 52.8 Å². The molecular formula is C26H27N5O. The number of rotatable bonds is 3. The molecule has 4 aromatic rings. The van der Waals surface area contributed by atoms with Crippen molar-refractivity contribution in [2.24, 2.45) is 0 Å². The van der Waals surface area contributed by atoms with E-state index in [0.29, 0.717) is 18.7 Å². The molecule has 0 unspecified atom stereocenters. The highest BCUT2D eigenvalue weighted by Crippen LogP contribution is 2.24. The van der Waals surface area contributed by atoms with Crippen molar-refractivity contribution in [3.8, 4) is 5.69 Å². The van der Waals surface area contributed by atoms with Crippen molar-refractivity contribution >= 4 is 22.8 Å². The third-order valence-corrected chi connectivity index (χ3v) is 6.18. The van der Waals surface area contributed by atoms with Gasteiger partial charge in [-0.1, -0.05) is 18.2 Å². The van der Waals surface area contributed by atoms with E-state index < -0.39 is 0 Å². The maximum Gasteiger partial charge on any atom is 0.254 e. The van der Waals surface area contributed by atoms with Crippen molar-refractivity contribution in [2.45, 2.75) is 26.8 Å². The molecule has 2 aromatic heterocycles. The SMILES string of the molecule is Cc1cccc(N2CCN(C(=O)c3cccc(-n4c(C)nc5cccnc54)c3)C[C@H]2C)c1. The minimum Gasteiger partial charge on any atom is -0.365 e. The standard InChI is InChI=1S/C26H27N5O/c1-18-7-4-9-22(15-18)30-14-13-29(17-19(30)2)26(32)21-8-5-10-23(16-21)31-20(3)28-24-11-6-12-27-25(24)31/h4-12,15-16,19H,13-14,17H2,1-3H3/t19-/m1/s1. The molecule has 6 nitrogen and oxygen atoms in total.